The highest BCUT2D eigenvalue weighted by Gasteiger charge is 1.99. The lowest BCUT2D eigenvalue weighted by Crippen LogP contribution is -1.95. The summed E-state index contributed by atoms with van der Waals surface area (Å²) >= 11 is 10.6. The fourth-order valence-corrected chi connectivity index (χ4v) is 0.769. The molecule has 0 aromatic carbocycles. The molecular formula is C4HCl2N3O. The van der Waals surface area contributed by atoms with Gasteiger partial charge in [-0.15, -0.1) is 0 Å². The first-order chi connectivity index (χ1) is 4.72. The molecule has 4 nitrogen and oxygen atoms in total. The normalized spacial score (nSPS) is 9.40. The van der Waals surface area contributed by atoms with Crippen LogP contribution in [0.1, 0.15) is 10.6 Å². The molecule has 52 valence electrons. The number of hydrogen-bond donors (Lipinski definition) is 0. The van der Waals surface area contributed by atoms with Crippen molar-refractivity contribution in [1.29, 1.82) is 0 Å². The van der Waals surface area contributed by atoms with E-state index in [1.54, 1.807) is 0 Å². The van der Waals surface area contributed by atoms with E-state index in [2.05, 4.69) is 15.0 Å². The van der Waals surface area contributed by atoms with Crippen LogP contribution in [-0.2, 0) is 0 Å². The second-order valence-electron chi connectivity index (χ2n) is 1.35. The third-order valence-electron chi connectivity index (χ3n) is 0.704. The molecule has 0 atom stereocenters. The number of aldehydes is 1. The predicted molar refractivity (Wildman–Crippen MR) is 35.2 cm³/mol. The van der Waals surface area contributed by atoms with Crippen molar-refractivity contribution >= 4 is 29.5 Å². The molecule has 0 spiro atoms. The van der Waals surface area contributed by atoms with E-state index in [-0.39, 0.29) is 16.4 Å². The van der Waals surface area contributed by atoms with E-state index in [1.807, 2.05) is 0 Å². The number of hydrogen-bond acceptors (Lipinski definition) is 4. The Morgan fingerprint density at radius 2 is 1.60 bits per heavy atom. The van der Waals surface area contributed by atoms with Crippen LogP contribution in [0, 0.1) is 0 Å². The molecule has 1 aromatic heterocycles. The average molecular weight is 178 g/mol. The summed E-state index contributed by atoms with van der Waals surface area (Å²) in [5, 5.41) is -0.163. The van der Waals surface area contributed by atoms with Gasteiger partial charge in [-0.2, -0.15) is 15.0 Å². The molecule has 1 rings (SSSR count). The van der Waals surface area contributed by atoms with Gasteiger partial charge in [-0.3, -0.25) is 4.79 Å². The van der Waals surface area contributed by atoms with Crippen LogP contribution in [0.2, 0.25) is 10.6 Å². The van der Waals surface area contributed by atoms with Gasteiger partial charge in [0.15, 0.2) is 12.1 Å². The van der Waals surface area contributed by atoms with E-state index < -0.39 is 0 Å². The summed E-state index contributed by atoms with van der Waals surface area (Å²) in [5.41, 5.74) is 0. The van der Waals surface area contributed by atoms with Gasteiger partial charge in [0, 0.05) is 0 Å². The monoisotopic (exact) mass is 177 g/mol. The van der Waals surface area contributed by atoms with E-state index in [4.69, 9.17) is 23.2 Å². The maximum Gasteiger partial charge on any atom is 0.227 e. The third-order valence-corrected chi connectivity index (χ3v) is 1.04. The third kappa shape index (κ3) is 1.62. The minimum atomic E-state index is -0.0814. The first kappa shape index (κ1) is 7.37. The molecule has 0 fully saturated rings. The van der Waals surface area contributed by atoms with Gasteiger partial charge in [-0.1, -0.05) is 0 Å². The maximum absolute atomic E-state index is 10.0. The van der Waals surface area contributed by atoms with E-state index >= 15 is 0 Å². The van der Waals surface area contributed by atoms with Gasteiger partial charge < -0.3 is 0 Å². The van der Waals surface area contributed by atoms with Gasteiger partial charge in [-0.05, 0) is 23.2 Å². The van der Waals surface area contributed by atoms with Crippen LogP contribution >= 0.6 is 23.2 Å². The standard InChI is InChI=1S/C4HCl2N3O/c5-3-7-2(1-10)8-4(6)9-3/h1H. The highest BCUT2D eigenvalue weighted by Crippen LogP contribution is 2.04. The smallest absolute Gasteiger partial charge is 0.227 e. The van der Waals surface area contributed by atoms with E-state index in [0.29, 0.717) is 6.29 Å². The summed E-state index contributed by atoms with van der Waals surface area (Å²) in [6.45, 7) is 0. The van der Waals surface area contributed by atoms with Crippen LogP contribution < -0.4 is 0 Å². The van der Waals surface area contributed by atoms with Gasteiger partial charge >= 0.3 is 0 Å². The Bertz CT molecular complexity index is 244. The Balaban J connectivity index is 3.18. The molecule has 10 heavy (non-hydrogen) atoms. The van der Waals surface area contributed by atoms with Crippen molar-refractivity contribution in [3.05, 3.63) is 16.4 Å². The molecule has 0 amide bonds. The molecule has 0 saturated heterocycles. The van der Waals surface area contributed by atoms with Crippen molar-refractivity contribution in [2.45, 2.75) is 0 Å². The van der Waals surface area contributed by atoms with Gasteiger partial charge in [0.1, 0.15) is 0 Å². The Kier molecular flexibility index (Phi) is 2.13. The Morgan fingerprint density at radius 3 is 2.00 bits per heavy atom. The lowest BCUT2D eigenvalue weighted by Gasteiger charge is -1.89. The predicted octanol–water partition coefficient (Wildman–Crippen LogP) is 0.991. The highest BCUT2D eigenvalue weighted by molar-refractivity contribution is 6.31. The fourth-order valence-electron chi connectivity index (χ4n) is 0.393. The summed E-state index contributed by atoms with van der Waals surface area (Å²) < 4.78 is 0. The molecule has 0 bridgehead atoms. The zero-order valence-corrected chi connectivity index (χ0v) is 6.10. The topological polar surface area (TPSA) is 55.7 Å². The number of carbonyl (C=O) groups is 1. The molecule has 0 unspecified atom stereocenters. The second-order valence-corrected chi connectivity index (χ2v) is 2.03. The fraction of sp³-hybridized carbons (Fsp3) is 0. The lowest BCUT2D eigenvalue weighted by atomic mass is 10.7. The first-order valence-electron chi connectivity index (χ1n) is 2.24. The largest absolute Gasteiger partial charge is 0.294 e. The van der Waals surface area contributed by atoms with Crippen LogP contribution in [0.4, 0.5) is 0 Å². The van der Waals surface area contributed by atoms with Gasteiger partial charge in [0.2, 0.25) is 10.6 Å². The van der Waals surface area contributed by atoms with Crippen LogP contribution in [0.3, 0.4) is 0 Å². The zero-order valence-electron chi connectivity index (χ0n) is 4.58. The van der Waals surface area contributed by atoms with Crippen LogP contribution in [0.15, 0.2) is 0 Å². The van der Waals surface area contributed by atoms with E-state index in [0.717, 1.165) is 0 Å². The van der Waals surface area contributed by atoms with Gasteiger partial charge in [0.05, 0.1) is 0 Å². The molecule has 1 aromatic rings. The number of aromatic nitrogens is 3. The van der Waals surface area contributed by atoms with E-state index in [1.165, 1.54) is 0 Å². The molecule has 0 N–H and O–H groups in total. The zero-order chi connectivity index (χ0) is 7.56. The minimum absolute atomic E-state index is 0.0648. The van der Waals surface area contributed by atoms with Crippen LogP contribution in [-0.4, -0.2) is 21.2 Å². The SMILES string of the molecule is O=Cc1nc(Cl)nc(Cl)n1. The summed E-state index contributed by atoms with van der Waals surface area (Å²) in [4.78, 5) is 20.4. The molecule has 6 heteroatoms. The van der Waals surface area contributed by atoms with Crippen molar-refractivity contribution in [3.63, 3.8) is 0 Å². The van der Waals surface area contributed by atoms with Gasteiger partial charge in [0.25, 0.3) is 0 Å². The number of rotatable bonds is 1. The summed E-state index contributed by atoms with van der Waals surface area (Å²) in [6.07, 6.45) is 0.444. The second kappa shape index (κ2) is 2.90. The van der Waals surface area contributed by atoms with Crippen LogP contribution in [0.25, 0.3) is 0 Å². The van der Waals surface area contributed by atoms with Gasteiger partial charge in [-0.25, -0.2) is 0 Å². The molecule has 0 saturated carbocycles. The van der Waals surface area contributed by atoms with E-state index in [9.17, 15) is 4.79 Å². The molecule has 0 radical (unpaired) electrons. The Morgan fingerprint density at radius 1 is 1.10 bits per heavy atom. The van der Waals surface area contributed by atoms with Crippen molar-refractivity contribution in [1.82, 2.24) is 15.0 Å². The lowest BCUT2D eigenvalue weighted by molar-refractivity contribution is 0.111. The quantitative estimate of drug-likeness (QED) is 0.601. The molecule has 0 aliphatic rings. The van der Waals surface area contributed by atoms with Crippen LogP contribution in [0.5, 0.6) is 0 Å². The molecular weight excluding hydrogens is 177 g/mol. The van der Waals surface area contributed by atoms with Crippen molar-refractivity contribution < 1.29 is 4.79 Å². The van der Waals surface area contributed by atoms with Crippen molar-refractivity contribution in [2.75, 3.05) is 0 Å². The summed E-state index contributed by atoms with van der Waals surface area (Å²) in [5.74, 6) is -0.0648. The highest BCUT2D eigenvalue weighted by atomic mass is 35.5. The molecule has 0 aliphatic carbocycles. The number of carbonyl (C=O) groups excluding carboxylic acids is 1. The summed E-state index contributed by atoms with van der Waals surface area (Å²) in [7, 11) is 0. The number of nitrogens with zero attached hydrogens (tertiary/aromatic N) is 3. The molecule has 1 heterocycles. The Hall–Kier alpha value is -0.740. The Labute approximate surface area is 66.2 Å². The maximum atomic E-state index is 10.0. The minimum Gasteiger partial charge on any atom is -0.294 e. The summed E-state index contributed by atoms with van der Waals surface area (Å²) in [6, 6.07) is 0. The van der Waals surface area contributed by atoms with Crippen molar-refractivity contribution in [3.8, 4) is 0 Å². The first-order valence-corrected chi connectivity index (χ1v) is 3.00. The average Bonchev–Trinajstić information content (AvgIpc) is 1.85. The number of halogens is 2. The van der Waals surface area contributed by atoms with Crippen molar-refractivity contribution in [2.24, 2.45) is 0 Å². The molecule has 0 aliphatic heterocycles.